The van der Waals surface area contributed by atoms with E-state index in [4.69, 9.17) is 11.1 Å². The van der Waals surface area contributed by atoms with Crippen molar-refractivity contribution in [1.82, 2.24) is 15.5 Å². The smallest absolute Gasteiger partial charge is 0.304 e. The Hall–Kier alpha value is -4.67. The summed E-state index contributed by atoms with van der Waals surface area (Å²) in [5.74, 6) is -3.14. The fraction of sp³-hybridized carbons (Fsp3) is 0.345. The number of carboxylic acid groups (broad SMARTS) is 1. The number of para-hydroxylation sites is 1. The first kappa shape index (κ1) is 29.9. The Labute approximate surface area is 233 Å². The van der Waals surface area contributed by atoms with E-state index in [-0.39, 0.29) is 36.6 Å². The number of rotatable bonds is 12. The van der Waals surface area contributed by atoms with Gasteiger partial charge in [0.15, 0.2) is 5.96 Å². The molecule has 0 bridgehead atoms. The van der Waals surface area contributed by atoms with Crippen molar-refractivity contribution in [1.29, 1.82) is 5.41 Å². The maximum absolute atomic E-state index is 13.5. The molecule has 2 atom stereocenters. The SMILES string of the molecule is CN(CC1=CC(CC(=O)O)C(=O)N(c2ccccc2)CC1)C(=O)[C@H](CCCNC(=N)N)NC(=O)c1ccccc1. The third-order valence-electron chi connectivity index (χ3n) is 6.58. The number of carboxylic acids is 1. The third-order valence-corrected chi connectivity index (χ3v) is 6.58. The van der Waals surface area contributed by atoms with Crippen LogP contribution in [-0.2, 0) is 14.4 Å². The third kappa shape index (κ3) is 8.69. The molecule has 212 valence electrons. The molecule has 2 aromatic rings. The maximum atomic E-state index is 13.5. The number of nitrogens with two attached hydrogens (primary N) is 1. The summed E-state index contributed by atoms with van der Waals surface area (Å²) < 4.78 is 0. The number of hydrogen-bond donors (Lipinski definition) is 5. The maximum Gasteiger partial charge on any atom is 0.304 e. The quantitative estimate of drug-likeness (QED) is 0.117. The van der Waals surface area contributed by atoms with Crippen LogP contribution in [0.25, 0.3) is 0 Å². The predicted molar refractivity (Wildman–Crippen MR) is 152 cm³/mol. The lowest BCUT2D eigenvalue weighted by Crippen LogP contribution is -2.48. The lowest BCUT2D eigenvalue weighted by molar-refractivity contribution is -0.139. The van der Waals surface area contributed by atoms with Gasteiger partial charge >= 0.3 is 5.97 Å². The van der Waals surface area contributed by atoms with Crippen molar-refractivity contribution in [3.8, 4) is 0 Å². The highest BCUT2D eigenvalue weighted by atomic mass is 16.4. The topological polar surface area (TPSA) is 169 Å². The van der Waals surface area contributed by atoms with E-state index in [0.717, 1.165) is 5.57 Å². The number of benzene rings is 2. The first-order valence-electron chi connectivity index (χ1n) is 13.1. The van der Waals surface area contributed by atoms with E-state index in [1.807, 2.05) is 18.2 Å². The first-order valence-corrected chi connectivity index (χ1v) is 13.1. The lowest BCUT2D eigenvalue weighted by atomic mass is 10.00. The fourth-order valence-electron chi connectivity index (χ4n) is 4.60. The summed E-state index contributed by atoms with van der Waals surface area (Å²) in [6.07, 6.45) is 2.55. The van der Waals surface area contributed by atoms with Crippen LogP contribution in [0.4, 0.5) is 5.69 Å². The molecule has 11 nitrogen and oxygen atoms in total. The van der Waals surface area contributed by atoms with Crippen LogP contribution < -0.4 is 21.3 Å². The summed E-state index contributed by atoms with van der Waals surface area (Å²) in [5.41, 5.74) is 7.22. The number of guanidine groups is 1. The summed E-state index contributed by atoms with van der Waals surface area (Å²) in [5, 5.41) is 22.3. The first-order chi connectivity index (χ1) is 19.2. The second-order valence-corrected chi connectivity index (χ2v) is 9.67. The molecule has 0 radical (unpaired) electrons. The van der Waals surface area contributed by atoms with Crippen molar-refractivity contribution in [3.63, 3.8) is 0 Å². The van der Waals surface area contributed by atoms with E-state index in [2.05, 4.69) is 10.6 Å². The zero-order valence-corrected chi connectivity index (χ0v) is 22.5. The Bertz CT molecular complexity index is 1230. The molecular formula is C29H36N6O5. The molecule has 0 fully saturated rings. The summed E-state index contributed by atoms with van der Waals surface area (Å²) in [7, 11) is 1.62. The second kappa shape index (κ2) is 14.5. The highest BCUT2D eigenvalue weighted by molar-refractivity contribution is 5.99. The van der Waals surface area contributed by atoms with Gasteiger partial charge in [-0.15, -0.1) is 0 Å². The summed E-state index contributed by atoms with van der Waals surface area (Å²) in [6, 6.07) is 16.8. The van der Waals surface area contributed by atoms with E-state index in [0.29, 0.717) is 43.6 Å². The van der Waals surface area contributed by atoms with Gasteiger partial charge in [0.1, 0.15) is 6.04 Å². The molecule has 2 aromatic carbocycles. The molecular weight excluding hydrogens is 512 g/mol. The van der Waals surface area contributed by atoms with Crippen LogP contribution in [0.5, 0.6) is 0 Å². The van der Waals surface area contributed by atoms with E-state index < -0.39 is 17.9 Å². The second-order valence-electron chi connectivity index (χ2n) is 9.67. The van der Waals surface area contributed by atoms with Crippen molar-refractivity contribution in [3.05, 3.63) is 77.9 Å². The van der Waals surface area contributed by atoms with Crippen molar-refractivity contribution in [2.45, 2.75) is 31.7 Å². The minimum absolute atomic E-state index is 0.175. The minimum atomic E-state index is -1.09. The Kier molecular flexibility index (Phi) is 10.8. The molecule has 3 rings (SSSR count). The van der Waals surface area contributed by atoms with Gasteiger partial charge < -0.3 is 31.3 Å². The van der Waals surface area contributed by atoms with E-state index in [1.54, 1.807) is 60.5 Å². The van der Waals surface area contributed by atoms with E-state index in [1.165, 1.54) is 4.90 Å². The van der Waals surface area contributed by atoms with Crippen LogP contribution in [0, 0.1) is 11.3 Å². The lowest BCUT2D eigenvalue weighted by Gasteiger charge is -2.26. The molecule has 0 aliphatic carbocycles. The van der Waals surface area contributed by atoms with E-state index >= 15 is 0 Å². The monoisotopic (exact) mass is 548 g/mol. The molecule has 1 unspecified atom stereocenters. The standard InChI is InChI=1S/C29H36N6O5/c1-34(28(40)24(13-8-15-32-29(30)31)33-26(38)21-9-4-2-5-10-21)19-20-14-16-35(23-11-6-3-7-12-23)27(39)22(17-20)18-25(36)37/h2-7,9-12,17,22,24H,8,13-16,18-19H2,1H3,(H,33,38)(H,36,37)(H4,30,31,32)/t22?,24-/m0/s1. The van der Waals surface area contributed by atoms with Crippen LogP contribution in [0.3, 0.4) is 0 Å². The number of hydrogen-bond acceptors (Lipinski definition) is 5. The van der Waals surface area contributed by atoms with Crippen LogP contribution in [0.1, 0.15) is 36.0 Å². The zero-order chi connectivity index (χ0) is 29.1. The fourth-order valence-corrected chi connectivity index (χ4v) is 4.60. The van der Waals surface area contributed by atoms with Gasteiger partial charge in [-0.2, -0.15) is 0 Å². The zero-order valence-electron chi connectivity index (χ0n) is 22.5. The Morgan fingerprint density at radius 1 is 1.12 bits per heavy atom. The van der Waals surface area contributed by atoms with Gasteiger partial charge in [-0.1, -0.05) is 48.0 Å². The molecule has 6 N–H and O–H groups in total. The summed E-state index contributed by atoms with van der Waals surface area (Å²) >= 11 is 0. The van der Waals surface area contributed by atoms with E-state index in [9.17, 15) is 24.3 Å². The average Bonchev–Trinajstić information content (AvgIpc) is 3.08. The van der Waals surface area contributed by atoms with Gasteiger partial charge in [0, 0.05) is 37.9 Å². The van der Waals surface area contributed by atoms with Crippen molar-refractivity contribution < 1.29 is 24.3 Å². The van der Waals surface area contributed by atoms with Crippen molar-refractivity contribution in [2.75, 3.05) is 31.6 Å². The van der Waals surface area contributed by atoms with Gasteiger partial charge in [0.25, 0.3) is 5.91 Å². The number of carbonyl (C=O) groups is 4. The number of nitrogens with zero attached hydrogens (tertiary/aromatic N) is 2. The van der Waals surface area contributed by atoms with Crippen LogP contribution >= 0.6 is 0 Å². The van der Waals surface area contributed by atoms with Gasteiger partial charge in [0.2, 0.25) is 11.8 Å². The molecule has 0 aromatic heterocycles. The molecule has 1 aliphatic heterocycles. The molecule has 0 saturated carbocycles. The molecule has 3 amide bonds. The van der Waals surface area contributed by atoms with Crippen LogP contribution in [-0.4, -0.2) is 72.4 Å². The molecule has 1 aliphatic rings. The molecule has 11 heteroatoms. The van der Waals surface area contributed by atoms with Crippen LogP contribution in [0.2, 0.25) is 0 Å². The molecule has 1 heterocycles. The highest BCUT2D eigenvalue weighted by Gasteiger charge is 2.31. The Morgan fingerprint density at radius 3 is 2.40 bits per heavy atom. The minimum Gasteiger partial charge on any atom is -0.481 e. The van der Waals surface area contributed by atoms with Gasteiger partial charge in [-0.3, -0.25) is 24.6 Å². The van der Waals surface area contributed by atoms with Gasteiger partial charge in [-0.05, 0) is 43.5 Å². The average molecular weight is 549 g/mol. The van der Waals surface area contributed by atoms with Crippen molar-refractivity contribution >= 4 is 35.3 Å². The Morgan fingerprint density at radius 2 is 1.77 bits per heavy atom. The van der Waals surface area contributed by atoms with Gasteiger partial charge in [0.05, 0.1) is 12.3 Å². The molecule has 0 saturated heterocycles. The number of likely N-dealkylation sites (N-methyl/N-ethyl adjacent to an activating group) is 1. The number of aliphatic carboxylic acids is 1. The highest BCUT2D eigenvalue weighted by Crippen LogP contribution is 2.25. The largest absolute Gasteiger partial charge is 0.481 e. The number of nitrogens with one attached hydrogen (secondary N) is 3. The normalized spacial score (nSPS) is 15.8. The van der Waals surface area contributed by atoms with Crippen molar-refractivity contribution in [2.24, 2.45) is 11.7 Å². The number of anilines is 1. The molecule has 40 heavy (non-hydrogen) atoms. The number of carbonyl (C=O) groups excluding carboxylic acids is 3. The summed E-state index contributed by atoms with van der Waals surface area (Å²) in [4.78, 5) is 54.3. The predicted octanol–water partition coefficient (Wildman–Crippen LogP) is 1.96. The Balaban J connectivity index is 1.75. The van der Waals surface area contributed by atoms with Crippen LogP contribution in [0.15, 0.2) is 72.3 Å². The molecule has 0 spiro atoms. The van der Waals surface area contributed by atoms with Gasteiger partial charge in [-0.25, -0.2) is 0 Å². The number of amides is 3. The summed E-state index contributed by atoms with van der Waals surface area (Å²) in [6.45, 7) is 0.884.